The number of oxazole rings is 1. The van der Waals surface area contributed by atoms with Gasteiger partial charge in [-0.15, -0.1) is 0 Å². The molecule has 20 heavy (non-hydrogen) atoms. The van der Waals surface area contributed by atoms with Crippen molar-refractivity contribution in [1.29, 1.82) is 0 Å². The fraction of sp³-hybridized carbons (Fsp3) is 0.438. The van der Waals surface area contributed by atoms with Crippen molar-refractivity contribution in [2.75, 3.05) is 7.05 Å². The van der Waals surface area contributed by atoms with Gasteiger partial charge >= 0.3 is 0 Å². The molecule has 1 aromatic heterocycles. The minimum atomic E-state index is -0.0325. The molecular formula is C16H22N2O2. The first kappa shape index (κ1) is 14.6. The summed E-state index contributed by atoms with van der Waals surface area (Å²) in [6.45, 7) is 7.41. The van der Waals surface area contributed by atoms with Gasteiger partial charge in [-0.25, -0.2) is 4.98 Å². The van der Waals surface area contributed by atoms with Crippen molar-refractivity contribution in [3.8, 4) is 5.75 Å². The van der Waals surface area contributed by atoms with Gasteiger partial charge < -0.3 is 14.5 Å². The third-order valence-electron chi connectivity index (χ3n) is 2.98. The molecule has 0 saturated heterocycles. The lowest BCUT2D eigenvalue weighted by Crippen LogP contribution is -2.09. The standard InChI is InChI=1S/C16H22N2O2/c1-16(2,3)14-10-18-15(20-14)11-19-13-8-6-5-7-12(13)9-17-4/h5-8,10,17H,9,11H2,1-4H3. The molecule has 108 valence electrons. The van der Waals surface area contributed by atoms with Gasteiger partial charge in [-0.2, -0.15) is 0 Å². The van der Waals surface area contributed by atoms with Crippen LogP contribution in [-0.4, -0.2) is 12.0 Å². The summed E-state index contributed by atoms with van der Waals surface area (Å²) in [5.41, 5.74) is 1.09. The van der Waals surface area contributed by atoms with Crippen LogP contribution in [0.3, 0.4) is 0 Å². The number of nitrogens with zero attached hydrogens (tertiary/aromatic N) is 1. The molecule has 2 aromatic rings. The van der Waals surface area contributed by atoms with Gasteiger partial charge in [-0.1, -0.05) is 39.0 Å². The van der Waals surface area contributed by atoms with E-state index in [-0.39, 0.29) is 5.41 Å². The Labute approximate surface area is 120 Å². The molecule has 0 saturated carbocycles. The van der Waals surface area contributed by atoms with E-state index in [0.29, 0.717) is 12.5 Å². The Morgan fingerprint density at radius 3 is 2.65 bits per heavy atom. The molecule has 4 heteroatoms. The molecule has 0 atom stereocenters. The van der Waals surface area contributed by atoms with Crippen molar-refractivity contribution in [2.24, 2.45) is 0 Å². The third kappa shape index (κ3) is 3.61. The zero-order valence-corrected chi connectivity index (χ0v) is 12.6. The summed E-state index contributed by atoms with van der Waals surface area (Å²) in [6.07, 6.45) is 1.78. The molecule has 0 aliphatic carbocycles. The van der Waals surface area contributed by atoms with Gasteiger partial charge in [-0.05, 0) is 13.1 Å². The number of hydrogen-bond donors (Lipinski definition) is 1. The monoisotopic (exact) mass is 274 g/mol. The molecule has 0 bridgehead atoms. The van der Waals surface area contributed by atoms with Crippen LogP contribution in [0.4, 0.5) is 0 Å². The van der Waals surface area contributed by atoms with Crippen LogP contribution >= 0.6 is 0 Å². The first-order valence-electron chi connectivity index (χ1n) is 6.81. The quantitative estimate of drug-likeness (QED) is 0.909. The lowest BCUT2D eigenvalue weighted by atomic mass is 9.94. The van der Waals surface area contributed by atoms with Crippen LogP contribution in [0.25, 0.3) is 0 Å². The summed E-state index contributed by atoms with van der Waals surface area (Å²) in [7, 11) is 1.92. The topological polar surface area (TPSA) is 47.3 Å². The molecule has 1 aromatic carbocycles. The predicted molar refractivity (Wildman–Crippen MR) is 78.7 cm³/mol. The van der Waals surface area contributed by atoms with Gasteiger partial charge in [0, 0.05) is 17.5 Å². The van der Waals surface area contributed by atoms with Gasteiger partial charge in [0.25, 0.3) is 0 Å². The number of ether oxygens (including phenoxy) is 1. The van der Waals surface area contributed by atoms with Gasteiger partial charge in [0.05, 0.1) is 6.20 Å². The smallest absolute Gasteiger partial charge is 0.232 e. The molecular weight excluding hydrogens is 252 g/mol. The van der Waals surface area contributed by atoms with Crippen molar-refractivity contribution >= 4 is 0 Å². The number of para-hydroxylation sites is 1. The lowest BCUT2D eigenvalue weighted by molar-refractivity contribution is 0.249. The van der Waals surface area contributed by atoms with E-state index in [1.54, 1.807) is 6.20 Å². The number of nitrogens with one attached hydrogen (secondary N) is 1. The van der Waals surface area contributed by atoms with Crippen molar-refractivity contribution in [1.82, 2.24) is 10.3 Å². The second-order valence-electron chi connectivity index (χ2n) is 5.79. The van der Waals surface area contributed by atoms with E-state index < -0.39 is 0 Å². The zero-order chi connectivity index (χ0) is 14.6. The van der Waals surface area contributed by atoms with E-state index in [2.05, 4.69) is 31.1 Å². The number of rotatable bonds is 5. The predicted octanol–water partition coefficient (Wildman–Crippen LogP) is 3.27. The SMILES string of the molecule is CNCc1ccccc1OCc1ncc(C(C)(C)C)o1. The number of aromatic nitrogens is 1. The largest absolute Gasteiger partial charge is 0.484 e. The fourth-order valence-electron chi connectivity index (χ4n) is 1.84. The Morgan fingerprint density at radius 1 is 1.25 bits per heavy atom. The minimum Gasteiger partial charge on any atom is -0.484 e. The van der Waals surface area contributed by atoms with E-state index in [9.17, 15) is 0 Å². The summed E-state index contributed by atoms with van der Waals surface area (Å²) in [6, 6.07) is 7.97. The molecule has 0 aliphatic rings. The number of hydrogen-bond acceptors (Lipinski definition) is 4. The van der Waals surface area contributed by atoms with E-state index in [1.807, 2.05) is 31.3 Å². The Hall–Kier alpha value is -1.81. The Kier molecular flexibility index (Phi) is 4.45. The van der Waals surface area contributed by atoms with Crippen LogP contribution in [-0.2, 0) is 18.6 Å². The molecule has 1 N–H and O–H groups in total. The molecule has 0 fully saturated rings. The van der Waals surface area contributed by atoms with Crippen LogP contribution in [0.2, 0.25) is 0 Å². The highest BCUT2D eigenvalue weighted by molar-refractivity contribution is 5.33. The molecule has 0 unspecified atom stereocenters. The second kappa shape index (κ2) is 6.09. The van der Waals surface area contributed by atoms with Crippen molar-refractivity contribution in [3.05, 3.63) is 47.7 Å². The zero-order valence-electron chi connectivity index (χ0n) is 12.6. The van der Waals surface area contributed by atoms with Crippen molar-refractivity contribution in [3.63, 3.8) is 0 Å². The van der Waals surface area contributed by atoms with Gasteiger partial charge in [0.1, 0.15) is 11.5 Å². The average molecular weight is 274 g/mol. The van der Waals surface area contributed by atoms with E-state index in [4.69, 9.17) is 9.15 Å². The highest BCUT2D eigenvalue weighted by atomic mass is 16.5. The Balaban J connectivity index is 2.04. The average Bonchev–Trinajstić information content (AvgIpc) is 2.87. The molecule has 0 spiro atoms. The van der Waals surface area contributed by atoms with Gasteiger partial charge in [0.2, 0.25) is 5.89 Å². The summed E-state index contributed by atoms with van der Waals surface area (Å²) in [5.74, 6) is 2.34. The molecule has 1 heterocycles. The summed E-state index contributed by atoms with van der Waals surface area (Å²) in [5, 5.41) is 3.13. The Bertz CT molecular complexity index is 556. The van der Waals surface area contributed by atoms with Crippen LogP contribution in [0, 0.1) is 0 Å². The maximum atomic E-state index is 5.81. The fourth-order valence-corrected chi connectivity index (χ4v) is 1.84. The molecule has 0 amide bonds. The highest BCUT2D eigenvalue weighted by Crippen LogP contribution is 2.24. The molecule has 0 radical (unpaired) electrons. The first-order chi connectivity index (χ1) is 9.50. The van der Waals surface area contributed by atoms with Crippen molar-refractivity contribution < 1.29 is 9.15 Å². The van der Waals surface area contributed by atoms with Crippen molar-refractivity contribution in [2.45, 2.75) is 39.3 Å². The summed E-state index contributed by atoms with van der Waals surface area (Å²) in [4.78, 5) is 4.27. The summed E-state index contributed by atoms with van der Waals surface area (Å²) < 4.78 is 11.5. The molecule has 4 nitrogen and oxygen atoms in total. The van der Waals surface area contributed by atoms with Crippen LogP contribution in [0.5, 0.6) is 5.75 Å². The Morgan fingerprint density at radius 2 is 2.00 bits per heavy atom. The van der Waals surface area contributed by atoms with Crippen LogP contribution < -0.4 is 10.1 Å². The van der Waals surface area contributed by atoms with Gasteiger partial charge in [0.15, 0.2) is 6.61 Å². The maximum Gasteiger partial charge on any atom is 0.232 e. The molecule has 2 rings (SSSR count). The van der Waals surface area contributed by atoms with E-state index in [1.165, 1.54) is 0 Å². The van der Waals surface area contributed by atoms with Crippen LogP contribution in [0.15, 0.2) is 34.9 Å². The maximum absolute atomic E-state index is 5.81. The van der Waals surface area contributed by atoms with Gasteiger partial charge in [-0.3, -0.25) is 0 Å². The van der Waals surface area contributed by atoms with Crippen LogP contribution in [0.1, 0.15) is 38.0 Å². The second-order valence-corrected chi connectivity index (χ2v) is 5.79. The summed E-state index contributed by atoms with van der Waals surface area (Å²) >= 11 is 0. The van der Waals surface area contributed by atoms with E-state index >= 15 is 0 Å². The first-order valence-corrected chi connectivity index (χ1v) is 6.81. The third-order valence-corrected chi connectivity index (χ3v) is 2.98. The minimum absolute atomic E-state index is 0.0325. The number of benzene rings is 1. The van der Waals surface area contributed by atoms with E-state index in [0.717, 1.165) is 23.6 Å². The normalized spacial score (nSPS) is 11.6. The highest BCUT2D eigenvalue weighted by Gasteiger charge is 2.19. The molecule has 0 aliphatic heterocycles. The lowest BCUT2D eigenvalue weighted by Gasteiger charge is -2.13.